The van der Waals surface area contributed by atoms with E-state index in [9.17, 15) is 4.79 Å². The van der Waals surface area contributed by atoms with Gasteiger partial charge >= 0.3 is 0 Å². The van der Waals surface area contributed by atoms with E-state index in [0.29, 0.717) is 0 Å². The highest BCUT2D eigenvalue weighted by Gasteiger charge is 2.32. The van der Waals surface area contributed by atoms with Crippen molar-refractivity contribution in [3.63, 3.8) is 0 Å². The Hall–Kier alpha value is -3.09. The summed E-state index contributed by atoms with van der Waals surface area (Å²) in [5, 5.41) is 12.5. The molecule has 0 aliphatic carbocycles. The average molecular weight is 419 g/mol. The highest BCUT2D eigenvalue weighted by atomic mass is 16.2. The Morgan fingerprint density at radius 1 is 1.29 bits per heavy atom. The maximum atomic E-state index is 12.0. The summed E-state index contributed by atoms with van der Waals surface area (Å²) in [6, 6.07) is 6.66. The number of aromatic nitrogens is 3. The normalized spacial score (nSPS) is 23.5. The van der Waals surface area contributed by atoms with Crippen LogP contribution in [0.1, 0.15) is 43.5 Å². The topological polar surface area (TPSA) is 69.5 Å². The first kappa shape index (κ1) is 19.8. The number of hydrogen-bond acceptors (Lipinski definition) is 4. The molecule has 2 aliphatic heterocycles. The van der Waals surface area contributed by atoms with Gasteiger partial charge in [-0.25, -0.2) is 0 Å². The summed E-state index contributed by atoms with van der Waals surface area (Å²) < 4.78 is 2.01. The van der Waals surface area contributed by atoms with Crippen LogP contribution in [0.5, 0.6) is 0 Å². The van der Waals surface area contributed by atoms with Gasteiger partial charge in [-0.3, -0.25) is 14.5 Å². The molecule has 2 unspecified atom stereocenters. The van der Waals surface area contributed by atoms with Gasteiger partial charge in [-0.1, -0.05) is 19.1 Å². The van der Waals surface area contributed by atoms with Crippen molar-refractivity contribution in [3.05, 3.63) is 41.2 Å². The van der Waals surface area contributed by atoms with Gasteiger partial charge in [0.15, 0.2) is 0 Å². The van der Waals surface area contributed by atoms with Crippen LogP contribution < -0.4 is 0 Å². The van der Waals surface area contributed by atoms with Crippen LogP contribution in [0.3, 0.4) is 0 Å². The van der Waals surface area contributed by atoms with Crippen molar-refractivity contribution in [1.29, 1.82) is 0 Å². The second-order valence-corrected chi connectivity index (χ2v) is 9.39. The molecule has 31 heavy (non-hydrogen) atoms. The van der Waals surface area contributed by atoms with Crippen molar-refractivity contribution in [2.24, 2.45) is 12.1 Å². The lowest BCUT2D eigenvalue weighted by atomic mass is 9.83. The minimum absolute atomic E-state index is 0.0815. The van der Waals surface area contributed by atoms with Gasteiger partial charge in [0.05, 0.1) is 12.2 Å². The Morgan fingerprint density at radius 2 is 2.10 bits per heavy atom. The predicted molar refractivity (Wildman–Crippen MR) is 123 cm³/mol. The SMILES string of the molecule is CC(=O)N1CCc2c(-c3c[nH]c4cc(C5(C)C=NN(C)C5)ccc34)nn(C)c2C(C)C1. The first-order valence-corrected chi connectivity index (χ1v) is 11.0. The van der Waals surface area contributed by atoms with Crippen molar-refractivity contribution in [1.82, 2.24) is 24.7 Å². The fourth-order valence-corrected chi connectivity index (χ4v) is 5.33. The standard InChI is InChI=1S/C24H30N6O/c1-15-12-30(16(2)31)9-8-19-22(27-29(5)23(15)19)20-11-25-21-10-17(6-7-18(20)21)24(3)13-26-28(4)14-24/h6-7,10-11,13,15,25H,8-9,12,14H2,1-5H3. The average Bonchev–Trinajstić information content (AvgIpc) is 3.35. The summed E-state index contributed by atoms with van der Waals surface area (Å²) in [6.07, 6.45) is 4.94. The van der Waals surface area contributed by atoms with Crippen LogP contribution in [-0.2, 0) is 23.7 Å². The first-order chi connectivity index (χ1) is 14.8. The van der Waals surface area contributed by atoms with Crippen LogP contribution in [0, 0.1) is 0 Å². The molecule has 162 valence electrons. The van der Waals surface area contributed by atoms with E-state index >= 15 is 0 Å². The predicted octanol–water partition coefficient (Wildman–Crippen LogP) is 3.27. The molecule has 1 N–H and O–H groups in total. The summed E-state index contributed by atoms with van der Waals surface area (Å²) in [5.74, 6) is 0.395. The molecule has 3 aromatic rings. The van der Waals surface area contributed by atoms with E-state index in [4.69, 9.17) is 5.10 Å². The molecular formula is C24H30N6O. The number of carbonyl (C=O) groups excluding carboxylic acids is 1. The second kappa shape index (κ2) is 6.97. The summed E-state index contributed by atoms with van der Waals surface area (Å²) in [5.41, 5.74) is 6.95. The lowest BCUT2D eigenvalue weighted by molar-refractivity contribution is -0.128. The van der Waals surface area contributed by atoms with Crippen molar-refractivity contribution in [2.45, 2.75) is 38.5 Å². The van der Waals surface area contributed by atoms with Crippen LogP contribution in [0.15, 0.2) is 29.5 Å². The zero-order valence-corrected chi connectivity index (χ0v) is 18.9. The molecule has 0 bridgehead atoms. The molecule has 1 amide bonds. The molecule has 0 radical (unpaired) electrons. The second-order valence-electron chi connectivity index (χ2n) is 9.39. The number of carbonyl (C=O) groups is 1. The van der Waals surface area contributed by atoms with Gasteiger partial charge in [-0.2, -0.15) is 10.2 Å². The van der Waals surface area contributed by atoms with E-state index in [1.807, 2.05) is 34.9 Å². The van der Waals surface area contributed by atoms with E-state index in [1.165, 1.54) is 22.2 Å². The summed E-state index contributed by atoms with van der Waals surface area (Å²) in [7, 11) is 4.03. The van der Waals surface area contributed by atoms with Gasteiger partial charge in [-0.15, -0.1) is 0 Å². The summed E-state index contributed by atoms with van der Waals surface area (Å²) >= 11 is 0. The molecule has 1 aromatic carbocycles. The Labute approximate surface area is 182 Å². The number of nitrogens with one attached hydrogen (secondary N) is 1. The maximum Gasteiger partial charge on any atom is 0.219 e. The van der Waals surface area contributed by atoms with E-state index in [0.717, 1.165) is 42.8 Å². The summed E-state index contributed by atoms with van der Waals surface area (Å²) in [4.78, 5) is 17.4. The third-order valence-corrected chi connectivity index (χ3v) is 6.93. The Morgan fingerprint density at radius 3 is 2.81 bits per heavy atom. The molecule has 7 heteroatoms. The molecular weight excluding hydrogens is 388 g/mol. The number of rotatable bonds is 2. The van der Waals surface area contributed by atoms with E-state index in [-0.39, 0.29) is 17.2 Å². The maximum absolute atomic E-state index is 12.0. The zero-order chi connectivity index (χ0) is 21.9. The quantitative estimate of drug-likeness (QED) is 0.694. The Kier molecular flexibility index (Phi) is 4.46. The number of H-pyrrole nitrogens is 1. The number of hydrazone groups is 1. The van der Waals surface area contributed by atoms with Gasteiger partial charge < -0.3 is 9.88 Å². The summed E-state index contributed by atoms with van der Waals surface area (Å²) in [6.45, 7) is 8.44. The molecule has 0 fully saturated rings. The molecule has 7 nitrogen and oxygen atoms in total. The van der Waals surface area contributed by atoms with Crippen LogP contribution in [0.2, 0.25) is 0 Å². The van der Waals surface area contributed by atoms with Crippen LogP contribution in [0.4, 0.5) is 0 Å². The van der Waals surface area contributed by atoms with Gasteiger partial charge in [0.25, 0.3) is 0 Å². The molecule has 0 spiro atoms. The largest absolute Gasteiger partial charge is 0.360 e. The molecule has 5 rings (SSSR count). The highest BCUT2D eigenvalue weighted by Crippen LogP contribution is 2.37. The minimum atomic E-state index is -0.0815. The molecule has 2 aliphatic rings. The number of nitrogens with zero attached hydrogens (tertiary/aromatic N) is 5. The van der Waals surface area contributed by atoms with Crippen molar-refractivity contribution >= 4 is 23.0 Å². The number of fused-ring (bicyclic) bond motifs is 2. The number of likely N-dealkylation sites (N-methyl/N-ethyl adjacent to an activating group) is 1. The number of aromatic amines is 1. The smallest absolute Gasteiger partial charge is 0.219 e. The molecule has 0 saturated heterocycles. The molecule has 0 saturated carbocycles. The van der Waals surface area contributed by atoms with Crippen molar-refractivity contribution < 1.29 is 4.79 Å². The molecule has 2 atom stereocenters. The lowest BCUT2D eigenvalue weighted by Crippen LogP contribution is -2.32. The number of aryl methyl sites for hydroxylation is 1. The fourth-order valence-electron chi connectivity index (χ4n) is 5.33. The van der Waals surface area contributed by atoms with Crippen molar-refractivity contribution in [2.75, 3.05) is 26.7 Å². The van der Waals surface area contributed by atoms with Gasteiger partial charge in [0.1, 0.15) is 0 Å². The third kappa shape index (κ3) is 3.14. The first-order valence-electron chi connectivity index (χ1n) is 11.0. The number of amides is 1. The van der Waals surface area contributed by atoms with Crippen LogP contribution in [-0.4, -0.2) is 63.5 Å². The fraction of sp³-hybridized carbons (Fsp3) is 0.458. The number of benzene rings is 1. The van der Waals surface area contributed by atoms with Gasteiger partial charge in [-0.05, 0) is 25.0 Å². The number of hydrogen-bond donors (Lipinski definition) is 1. The Balaban J connectivity index is 1.57. The minimum Gasteiger partial charge on any atom is -0.360 e. The molecule has 2 aromatic heterocycles. The molecule has 4 heterocycles. The third-order valence-electron chi connectivity index (χ3n) is 6.93. The van der Waals surface area contributed by atoms with Crippen LogP contribution in [0.25, 0.3) is 22.2 Å². The zero-order valence-electron chi connectivity index (χ0n) is 18.9. The van der Waals surface area contributed by atoms with E-state index in [2.05, 4.69) is 48.3 Å². The van der Waals surface area contributed by atoms with Gasteiger partial charge in [0, 0.05) is 85.6 Å². The van der Waals surface area contributed by atoms with Crippen LogP contribution >= 0.6 is 0 Å². The van der Waals surface area contributed by atoms with E-state index < -0.39 is 0 Å². The highest BCUT2D eigenvalue weighted by molar-refractivity contribution is 5.96. The lowest BCUT2D eigenvalue weighted by Gasteiger charge is -2.22. The Bertz CT molecular complexity index is 1200. The van der Waals surface area contributed by atoms with Gasteiger partial charge in [0.2, 0.25) is 5.91 Å². The monoisotopic (exact) mass is 418 g/mol. The van der Waals surface area contributed by atoms with E-state index in [1.54, 1.807) is 6.92 Å². The van der Waals surface area contributed by atoms with Crippen molar-refractivity contribution in [3.8, 4) is 11.3 Å².